The quantitative estimate of drug-likeness (QED) is 0.423. The Bertz CT molecular complexity index is 1150. The van der Waals surface area contributed by atoms with Crippen LogP contribution in [0.3, 0.4) is 0 Å². The summed E-state index contributed by atoms with van der Waals surface area (Å²) in [7, 11) is 1.82. The van der Waals surface area contributed by atoms with E-state index in [1.54, 1.807) is 0 Å². The zero-order valence-electron chi connectivity index (χ0n) is 23.1. The first-order chi connectivity index (χ1) is 18.2. The van der Waals surface area contributed by atoms with Crippen LogP contribution in [0.15, 0.2) is 12.1 Å². The van der Waals surface area contributed by atoms with Crippen LogP contribution >= 0.6 is 0 Å². The molecule has 210 valence electrons. The maximum atomic E-state index is 14.1. The fourth-order valence-electron chi connectivity index (χ4n) is 8.63. The van der Waals surface area contributed by atoms with Crippen LogP contribution in [0.2, 0.25) is 0 Å². The standard InChI is InChI=1S/C30H43F2N3O3/c1-4-19(26(36)17-35-25-13-12-24(31)27(32)28(25)33-34-35)8-9-20-6-5-7-23-22(20)11-10-21-16-29(2,37)14-15-30(21,23)18-38-3/h12-13,19-23,37H,4-11,14-18H2,1-3H3/t19-,20-,21-,22+,23+,29-,30-/m1/s1. The minimum atomic E-state index is -1.03. The van der Waals surface area contributed by atoms with E-state index in [0.717, 1.165) is 57.6 Å². The van der Waals surface area contributed by atoms with Crippen molar-refractivity contribution in [1.82, 2.24) is 15.0 Å². The monoisotopic (exact) mass is 531 g/mol. The lowest BCUT2D eigenvalue weighted by molar-refractivity contribution is -0.160. The Kier molecular flexibility index (Phi) is 7.94. The number of carbonyl (C=O) groups excluding carboxylic acids is 1. The summed E-state index contributed by atoms with van der Waals surface area (Å²) < 4.78 is 34.9. The van der Waals surface area contributed by atoms with Crippen LogP contribution in [0.5, 0.6) is 0 Å². The highest BCUT2D eigenvalue weighted by atomic mass is 19.2. The SMILES string of the molecule is CC[C@H](CC[C@H]1CCC[C@H]2[C@H]1CC[C@@H]1C[C@](C)(O)CC[C@@]12COC)C(=O)Cn1nnc2c(F)c(F)ccc21. The fourth-order valence-corrected chi connectivity index (χ4v) is 8.63. The minimum absolute atomic E-state index is 0.0232. The molecule has 3 saturated carbocycles. The number of methoxy groups -OCH3 is 1. The van der Waals surface area contributed by atoms with E-state index < -0.39 is 17.2 Å². The van der Waals surface area contributed by atoms with Crippen LogP contribution in [0.1, 0.15) is 84.5 Å². The van der Waals surface area contributed by atoms with Crippen LogP contribution < -0.4 is 0 Å². The maximum Gasteiger partial charge on any atom is 0.188 e. The van der Waals surface area contributed by atoms with E-state index in [4.69, 9.17) is 4.74 Å². The van der Waals surface area contributed by atoms with E-state index in [-0.39, 0.29) is 29.2 Å². The van der Waals surface area contributed by atoms with E-state index in [1.807, 2.05) is 21.0 Å². The lowest BCUT2D eigenvalue weighted by atomic mass is 9.46. The van der Waals surface area contributed by atoms with Crippen molar-refractivity contribution in [1.29, 1.82) is 0 Å². The van der Waals surface area contributed by atoms with Crippen molar-refractivity contribution in [3.63, 3.8) is 0 Å². The Labute approximate surface area is 224 Å². The number of nitrogens with zero attached hydrogens (tertiary/aromatic N) is 3. The van der Waals surface area contributed by atoms with Gasteiger partial charge in [0.15, 0.2) is 22.9 Å². The van der Waals surface area contributed by atoms with Gasteiger partial charge in [-0.1, -0.05) is 25.0 Å². The Balaban J connectivity index is 1.25. The van der Waals surface area contributed by atoms with Gasteiger partial charge >= 0.3 is 0 Å². The Morgan fingerprint density at radius 3 is 2.82 bits per heavy atom. The number of benzene rings is 1. The molecular formula is C30H43F2N3O3. The first kappa shape index (κ1) is 27.6. The third-order valence-corrected chi connectivity index (χ3v) is 10.6. The van der Waals surface area contributed by atoms with E-state index in [9.17, 15) is 18.7 Å². The summed E-state index contributed by atoms with van der Waals surface area (Å²) in [4.78, 5) is 13.3. The molecule has 1 N–H and O–H groups in total. The molecule has 0 spiro atoms. The summed E-state index contributed by atoms with van der Waals surface area (Å²) in [6, 6.07) is 2.48. The van der Waals surface area contributed by atoms with Crippen molar-refractivity contribution in [2.75, 3.05) is 13.7 Å². The van der Waals surface area contributed by atoms with Gasteiger partial charge in [-0.05, 0) is 106 Å². The van der Waals surface area contributed by atoms with Crippen molar-refractivity contribution in [2.45, 2.75) is 96.6 Å². The van der Waals surface area contributed by atoms with Crippen molar-refractivity contribution in [2.24, 2.45) is 35.0 Å². The normalized spacial score (nSPS) is 34.1. The van der Waals surface area contributed by atoms with Gasteiger partial charge in [0, 0.05) is 13.0 Å². The third-order valence-electron chi connectivity index (χ3n) is 10.6. The first-order valence-corrected chi connectivity index (χ1v) is 14.6. The minimum Gasteiger partial charge on any atom is -0.390 e. The maximum absolute atomic E-state index is 14.1. The molecular weight excluding hydrogens is 488 g/mol. The van der Waals surface area contributed by atoms with Crippen molar-refractivity contribution < 1.29 is 23.4 Å². The Morgan fingerprint density at radius 2 is 2.05 bits per heavy atom. The van der Waals surface area contributed by atoms with Crippen LogP contribution in [0.4, 0.5) is 8.78 Å². The lowest BCUT2D eigenvalue weighted by Gasteiger charge is -2.60. The second-order valence-corrected chi connectivity index (χ2v) is 12.7. The number of hydrogen-bond donors (Lipinski definition) is 1. The number of rotatable bonds is 9. The largest absolute Gasteiger partial charge is 0.390 e. The highest BCUT2D eigenvalue weighted by Crippen LogP contribution is 2.62. The first-order valence-electron chi connectivity index (χ1n) is 14.6. The second kappa shape index (κ2) is 10.9. The zero-order valence-corrected chi connectivity index (χ0v) is 23.1. The fraction of sp³-hybridized carbons (Fsp3) is 0.767. The van der Waals surface area contributed by atoms with Crippen LogP contribution in [0, 0.1) is 46.6 Å². The smallest absolute Gasteiger partial charge is 0.188 e. The van der Waals surface area contributed by atoms with Gasteiger partial charge in [0.1, 0.15) is 6.54 Å². The predicted octanol–water partition coefficient (Wildman–Crippen LogP) is 6.10. The van der Waals surface area contributed by atoms with Gasteiger partial charge in [-0.15, -0.1) is 5.10 Å². The number of fused-ring (bicyclic) bond motifs is 4. The molecule has 2 aromatic rings. The highest BCUT2D eigenvalue weighted by molar-refractivity contribution is 5.83. The second-order valence-electron chi connectivity index (χ2n) is 12.7. The summed E-state index contributed by atoms with van der Waals surface area (Å²) in [5.41, 5.74) is -0.188. The molecule has 3 aliphatic carbocycles. The molecule has 3 aliphatic rings. The number of aromatic nitrogens is 3. The zero-order chi connectivity index (χ0) is 27.1. The van der Waals surface area contributed by atoms with Crippen LogP contribution in [-0.2, 0) is 16.1 Å². The highest BCUT2D eigenvalue weighted by Gasteiger charge is 2.57. The number of hydrogen-bond acceptors (Lipinski definition) is 5. The van der Waals surface area contributed by atoms with Crippen molar-refractivity contribution >= 4 is 16.8 Å². The van der Waals surface area contributed by atoms with Gasteiger partial charge in [-0.25, -0.2) is 13.5 Å². The number of ketones is 1. The van der Waals surface area contributed by atoms with E-state index >= 15 is 0 Å². The predicted molar refractivity (Wildman–Crippen MR) is 141 cm³/mol. The molecule has 0 radical (unpaired) electrons. The van der Waals surface area contributed by atoms with E-state index in [2.05, 4.69) is 10.3 Å². The Hall–Kier alpha value is -1.93. The molecule has 0 saturated heterocycles. The van der Waals surface area contributed by atoms with E-state index in [0.29, 0.717) is 29.2 Å². The number of ether oxygens (including phenoxy) is 1. The van der Waals surface area contributed by atoms with Crippen molar-refractivity contribution in [3.8, 4) is 0 Å². The topological polar surface area (TPSA) is 77.2 Å². The summed E-state index contributed by atoms with van der Waals surface area (Å²) in [6.45, 7) is 4.86. The molecule has 0 aliphatic heterocycles. The number of Topliss-reactive ketones (excluding diaryl/α,β-unsaturated/α-hetero) is 1. The van der Waals surface area contributed by atoms with Crippen LogP contribution in [0.25, 0.3) is 11.0 Å². The molecule has 8 heteroatoms. The molecule has 7 atom stereocenters. The average Bonchev–Trinajstić information content (AvgIpc) is 3.30. The molecule has 0 amide bonds. The van der Waals surface area contributed by atoms with Crippen LogP contribution in [-0.4, -0.2) is 45.2 Å². The van der Waals surface area contributed by atoms with Gasteiger partial charge in [0.2, 0.25) is 0 Å². The summed E-state index contributed by atoms with van der Waals surface area (Å²) in [5.74, 6) is 0.408. The number of carbonyl (C=O) groups is 1. The molecule has 1 heterocycles. The number of aliphatic hydroxyl groups is 1. The van der Waals surface area contributed by atoms with E-state index in [1.165, 1.54) is 36.4 Å². The van der Waals surface area contributed by atoms with Gasteiger partial charge in [0.05, 0.1) is 17.7 Å². The van der Waals surface area contributed by atoms with Gasteiger partial charge in [-0.3, -0.25) is 4.79 Å². The Morgan fingerprint density at radius 1 is 1.24 bits per heavy atom. The lowest BCUT2D eigenvalue weighted by Crippen LogP contribution is -2.56. The van der Waals surface area contributed by atoms with Gasteiger partial charge < -0.3 is 9.84 Å². The molecule has 0 bridgehead atoms. The molecule has 6 nitrogen and oxygen atoms in total. The van der Waals surface area contributed by atoms with Gasteiger partial charge in [-0.2, -0.15) is 0 Å². The van der Waals surface area contributed by atoms with Crippen molar-refractivity contribution in [3.05, 3.63) is 23.8 Å². The molecule has 1 aromatic heterocycles. The molecule has 0 unspecified atom stereocenters. The summed E-state index contributed by atoms with van der Waals surface area (Å²) in [5, 5.41) is 18.5. The molecule has 3 fully saturated rings. The average molecular weight is 532 g/mol. The molecule has 1 aromatic carbocycles. The third kappa shape index (κ3) is 5.03. The molecule has 5 rings (SSSR count). The van der Waals surface area contributed by atoms with Gasteiger partial charge in [0.25, 0.3) is 0 Å². The summed E-state index contributed by atoms with van der Waals surface area (Å²) in [6.07, 6.45) is 11.4. The molecule has 38 heavy (non-hydrogen) atoms. The number of halogens is 2. The summed E-state index contributed by atoms with van der Waals surface area (Å²) >= 11 is 0.